The van der Waals surface area contributed by atoms with E-state index in [2.05, 4.69) is 19.2 Å². The SMILES string of the molecule is CCC(NC(C)CCOC)c1ccc(F)cc1. The Morgan fingerprint density at radius 1 is 1.29 bits per heavy atom. The summed E-state index contributed by atoms with van der Waals surface area (Å²) in [5.41, 5.74) is 1.14. The number of nitrogens with one attached hydrogen (secondary N) is 1. The minimum Gasteiger partial charge on any atom is -0.385 e. The van der Waals surface area contributed by atoms with Crippen LogP contribution < -0.4 is 5.32 Å². The molecule has 96 valence electrons. The van der Waals surface area contributed by atoms with Gasteiger partial charge in [-0.1, -0.05) is 19.1 Å². The Balaban J connectivity index is 2.56. The Labute approximate surface area is 103 Å². The first-order chi connectivity index (χ1) is 8.17. The van der Waals surface area contributed by atoms with Gasteiger partial charge >= 0.3 is 0 Å². The van der Waals surface area contributed by atoms with Crippen LogP contribution >= 0.6 is 0 Å². The van der Waals surface area contributed by atoms with Crippen molar-refractivity contribution in [3.05, 3.63) is 35.6 Å². The first-order valence-corrected chi connectivity index (χ1v) is 6.17. The summed E-state index contributed by atoms with van der Waals surface area (Å²) in [7, 11) is 1.71. The van der Waals surface area contributed by atoms with Gasteiger partial charge in [-0.05, 0) is 37.5 Å². The van der Waals surface area contributed by atoms with Crippen LogP contribution in [0.5, 0.6) is 0 Å². The average Bonchev–Trinajstić information content (AvgIpc) is 2.34. The lowest BCUT2D eigenvalue weighted by Crippen LogP contribution is -2.31. The zero-order valence-corrected chi connectivity index (χ0v) is 10.9. The van der Waals surface area contributed by atoms with E-state index in [4.69, 9.17) is 4.74 Å². The molecule has 0 amide bonds. The minimum absolute atomic E-state index is 0.184. The van der Waals surface area contributed by atoms with E-state index in [0.29, 0.717) is 6.04 Å². The number of benzene rings is 1. The van der Waals surface area contributed by atoms with Crippen molar-refractivity contribution in [2.45, 2.75) is 38.8 Å². The molecule has 0 radical (unpaired) electrons. The smallest absolute Gasteiger partial charge is 0.123 e. The van der Waals surface area contributed by atoms with E-state index >= 15 is 0 Å². The van der Waals surface area contributed by atoms with Gasteiger partial charge in [-0.15, -0.1) is 0 Å². The third kappa shape index (κ3) is 4.84. The zero-order chi connectivity index (χ0) is 12.7. The molecule has 0 saturated carbocycles. The van der Waals surface area contributed by atoms with E-state index in [1.54, 1.807) is 7.11 Å². The summed E-state index contributed by atoms with van der Waals surface area (Å²) in [4.78, 5) is 0. The standard InChI is InChI=1S/C14H22FNO/c1-4-14(16-11(2)9-10-17-3)12-5-7-13(15)8-6-12/h5-8,11,14,16H,4,9-10H2,1-3H3. The highest BCUT2D eigenvalue weighted by Crippen LogP contribution is 2.18. The van der Waals surface area contributed by atoms with Gasteiger partial charge in [0.05, 0.1) is 0 Å². The van der Waals surface area contributed by atoms with Gasteiger partial charge in [-0.25, -0.2) is 4.39 Å². The van der Waals surface area contributed by atoms with Gasteiger partial charge in [0, 0.05) is 25.8 Å². The number of hydrogen-bond donors (Lipinski definition) is 1. The highest BCUT2D eigenvalue weighted by molar-refractivity contribution is 5.19. The molecule has 1 N–H and O–H groups in total. The summed E-state index contributed by atoms with van der Waals surface area (Å²) in [5.74, 6) is -0.184. The lowest BCUT2D eigenvalue weighted by molar-refractivity contribution is 0.182. The van der Waals surface area contributed by atoms with Crippen molar-refractivity contribution in [3.63, 3.8) is 0 Å². The van der Waals surface area contributed by atoms with Crippen LogP contribution in [0.3, 0.4) is 0 Å². The summed E-state index contributed by atoms with van der Waals surface area (Å²) < 4.78 is 17.9. The fourth-order valence-corrected chi connectivity index (χ4v) is 1.87. The summed E-state index contributed by atoms with van der Waals surface area (Å²) in [6.45, 7) is 5.03. The number of halogens is 1. The second kappa shape index (κ2) is 7.41. The highest BCUT2D eigenvalue weighted by atomic mass is 19.1. The van der Waals surface area contributed by atoms with Gasteiger partial charge in [0.2, 0.25) is 0 Å². The molecule has 0 aliphatic carbocycles. The number of rotatable bonds is 7. The van der Waals surface area contributed by atoms with E-state index in [-0.39, 0.29) is 11.9 Å². The van der Waals surface area contributed by atoms with E-state index in [0.717, 1.165) is 25.0 Å². The quantitative estimate of drug-likeness (QED) is 0.788. The molecular formula is C14H22FNO. The molecule has 0 fully saturated rings. The second-order valence-electron chi connectivity index (χ2n) is 4.36. The van der Waals surface area contributed by atoms with Crippen molar-refractivity contribution in [2.75, 3.05) is 13.7 Å². The van der Waals surface area contributed by atoms with Crippen LogP contribution in [0.15, 0.2) is 24.3 Å². The predicted molar refractivity (Wildman–Crippen MR) is 68.5 cm³/mol. The first kappa shape index (κ1) is 14.1. The molecule has 17 heavy (non-hydrogen) atoms. The van der Waals surface area contributed by atoms with E-state index in [1.165, 1.54) is 12.1 Å². The maximum absolute atomic E-state index is 12.8. The average molecular weight is 239 g/mol. The third-order valence-electron chi connectivity index (χ3n) is 2.92. The van der Waals surface area contributed by atoms with Gasteiger partial charge in [-0.2, -0.15) is 0 Å². The lowest BCUT2D eigenvalue weighted by Gasteiger charge is -2.22. The Kier molecular flexibility index (Phi) is 6.16. The predicted octanol–water partition coefficient (Wildman–Crippen LogP) is 3.29. The van der Waals surface area contributed by atoms with Crippen molar-refractivity contribution in [1.29, 1.82) is 0 Å². The molecule has 3 heteroatoms. The molecular weight excluding hydrogens is 217 g/mol. The topological polar surface area (TPSA) is 21.3 Å². The van der Waals surface area contributed by atoms with Crippen LogP contribution in [0.4, 0.5) is 4.39 Å². The van der Waals surface area contributed by atoms with Gasteiger partial charge in [-0.3, -0.25) is 0 Å². The monoisotopic (exact) mass is 239 g/mol. The lowest BCUT2D eigenvalue weighted by atomic mass is 10.0. The van der Waals surface area contributed by atoms with E-state index in [1.807, 2.05) is 12.1 Å². The molecule has 0 bridgehead atoms. The van der Waals surface area contributed by atoms with E-state index < -0.39 is 0 Å². The Hall–Kier alpha value is -0.930. The Morgan fingerprint density at radius 2 is 1.94 bits per heavy atom. The summed E-state index contributed by atoms with van der Waals surface area (Å²) in [5, 5.41) is 3.53. The molecule has 0 spiro atoms. The van der Waals surface area contributed by atoms with Crippen molar-refractivity contribution in [1.82, 2.24) is 5.32 Å². The fraction of sp³-hybridized carbons (Fsp3) is 0.571. The largest absolute Gasteiger partial charge is 0.385 e. The van der Waals surface area contributed by atoms with Crippen LogP contribution in [-0.4, -0.2) is 19.8 Å². The number of methoxy groups -OCH3 is 1. The van der Waals surface area contributed by atoms with Crippen LogP contribution in [0.25, 0.3) is 0 Å². The molecule has 1 aromatic carbocycles. The minimum atomic E-state index is -0.184. The van der Waals surface area contributed by atoms with Crippen molar-refractivity contribution in [3.8, 4) is 0 Å². The molecule has 0 heterocycles. The molecule has 1 rings (SSSR count). The zero-order valence-electron chi connectivity index (χ0n) is 10.9. The molecule has 2 unspecified atom stereocenters. The highest BCUT2D eigenvalue weighted by Gasteiger charge is 2.12. The van der Waals surface area contributed by atoms with Crippen LogP contribution in [0.2, 0.25) is 0 Å². The number of ether oxygens (including phenoxy) is 1. The van der Waals surface area contributed by atoms with Crippen LogP contribution in [0.1, 0.15) is 38.3 Å². The van der Waals surface area contributed by atoms with Crippen LogP contribution in [0, 0.1) is 5.82 Å². The van der Waals surface area contributed by atoms with Gasteiger partial charge < -0.3 is 10.1 Å². The van der Waals surface area contributed by atoms with E-state index in [9.17, 15) is 4.39 Å². The molecule has 0 aromatic heterocycles. The summed E-state index contributed by atoms with van der Waals surface area (Å²) >= 11 is 0. The molecule has 0 aliphatic heterocycles. The molecule has 2 atom stereocenters. The maximum Gasteiger partial charge on any atom is 0.123 e. The fourth-order valence-electron chi connectivity index (χ4n) is 1.87. The second-order valence-corrected chi connectivity index (χ2v) is 4.36. The van der Waals surface area contributed by atoms with Crippen molar-refractivity contribution >= 4 is 0 Å². The molecule has 1 aromatic rings. The Bertz CT molecular complexity index is 313. The summed E-state index contributed by atoms with van der Waals surface area (Å²) in [6.07, 6.45) is 1.97. The number of hydrogen-bond acceptors (Lipinski definition) is 2. The van der Waals surface area contributed by atoms with Crippen molar-refractivity contribution < 1.29 is 9.13 Å². The summed E-state index contributed by atoms with van der Waals surface area (Å²) in [6, 6.07) is 7.39. The molecule has 2 nitrogen and oxygen atoms in total. The van der Waals surface area contributed by atoms with Gasteiger partial charge in [0.25, 0.3) is 0 Å². The normalized spacial score (nSPS) is 14.6. The maximum atomic E-state index is 12.8. The van der Waals surface area contributed by atoms with Crippen molar-refractivity contribution in [2.24, 2.45) is 0 Å². The van der Waals surface area contributed by atoms with Gasteiger partial charge in [0.15, 0.2) is 0 Å². The first-order valence-electron chi connectivity index (χ1n) is 6.17. The molecule has 0 saturated heterocycles. The molecule has 0 aliphatic rings. The Morgan fingerprint density at radius 3 is 2.47 bits per heavy atom. The van der Waals surface area contributed by atoms with Gasteiger partial charge in [0.1, 0.15) is 5.82 Å². The van der Waals surface area contributed by atoms with Crippen LogP contribution in [-0.2, 0) is 4.74 Å². The third-order valence-corrected chi connectivity index (χ3v) is 2.92.